The Bertz CT molecular complexity index is 2030. The molecule has 0 bridgehead atoms. The Kier molecular flexibility index (Phi) is 99.0. The molecular formula is C117H226O8. The van der Waals surface area contributed by atoms with Crippen molar-refractivity contribution in [1.82, 2.24) is 0 Å². The molecule has 0 radical (unpaired) electrons. The summed E-state index contributed by atoms with van der Waals surface area (Å²) in [6.07, 6.45) is 132. The van der Waals surface area contributed by atoms with Gasteiger partial charge in [0.2, 0.25) is 0 Å². The van der Waals surface area contributed by atoms with Crippen LogP contribution in [0.25, 0.3) is 0 Å². The first-order valence-corrected chi connectivity index (χ1v) is 58.4. The van der Waals surface area contributed by atoms with Crippen LogP contribution in [-0.4, -0.2) is 50.3 Å². The van der Waals surface area contributed by atoms with Gasteiger partial charge in [0, 0.05) is 12.8 Å². The fraction of sp³-hybridized carbons (Fsp3) is 0.966. The Balaban J connectivity index is 3.02. The fourth-order valence-electron chi connectivity index (χ4n) is 19.8. The summed E-state index contributed by atoms with van der Waals surface area (Å²) in [5, 5.41) is 0. The summed E-state index contributed by atoms with van der Waals surface area (Å²) < 4.78 is 25.4. The van der Waals surface area contributed by atoms with Gasteiger partial charge in [0.05, 0.1) is 11.8 Å². The van der Waals surface area contributed by atoms with Gasteiger partial charge in [-0.05, 0) is 32.1 Å². The summed E-state index contributed by atoms with van der Waals surface area (Å²) in [6, 6.07) is 0. The molecule has 8 heteroatoms. The Morgan fingerprint density at radius 2 is 0.368 bits per heavy atom. The molecule has 1 rings (SSSR count). The third-order valence-electron chi connectivity index (χ3n) is 28.9. The number of hydrogen-bond acceptors (Lipinski definition) is 8. The fourth-order valence-corrected chi connectivity index (χ4v) is 19.8. The highest BCUT2D eigenvalue weighted by Crippen LogP contribution is 2.30. The van der Waals surface area contributed by atoms with E-state index in [0.29, 0.717) is 12.8 Å². The molecule has 1 unspecified atom stereocenters. The van der Waals surface area contributed by atoms with Crippen LogP contribution < -0.4 is 0 Å². The van der Waals surface area contributed by atoms with Gasteiger partial charge < -0.3 is 18.9 Å². The van der Waals surface area contributed by atoms with Crippen LogP contribution in [0.4, 0.5) is 0 Å². The van der Waals surface area contributed by atoms with E-state index in [1.54, 1.807) is 0 Å². The second kappa shape index (κ2) is 102. The van der Waals surface area contributed by atoms with Crippen molar-refractivity contribution in [2.45, 2.75) is 683 Å². The SMILES string of the molecule is CCCCCCCCCCCCCCCCCCCCCCCCCCCC(=O)OCC(COC(=O)CCCCCCCCCCCCCCCCCCCCCCCCCCC)(COC(=O)C(C)CCCCCCCCCCCCCCCCCCCCCCCCC)COC(=O)C1CCCCCCCCCCCCCCCCCCCCCCCCCC1. The number of ether oxygens (including phenoxy) is 4. The lowest BCUT2D eigenvalue weighted by atomic mass is 9.91. The third kappa shape index (κ3) is 92.1. The van der Waals surface area contributed by atoms with Gasteiger partial charge in [-0.1, -0.05) is 638 Å². The average molecular weight is 1760 g/mol. The van der Waals surface area contributed by atoms with Crippen LogP contribution in [0.2, 0.25) is 0 Å². The summed E-state index contributed by atoms with van der Waals surface area (Å²) in [5.74, 6) is -1.68. The first-order chi connectivity index (χ1) is 61.8. The van der Waals surface area contributed by atoms with Crippen molar-refractivity contribution in [2.24, 2.45) is 17.3 Å². The average Bonchev–Trinajstić information content (AvgIpc) is 0.845. The second-order valence-electron chi connectivity index (χ2n) is 41.7. The van der Waals surface area contributed by atoms with Gasteiger partial charge in [-0.25, -0.2) is 0 Å². The van der Waals surface area contributed by atoms with Crippen LogP contribution in [0.15, 0.2) is 0 Å². The minimum Gasteiger partial charge on any atom is -0.465 e. The topological polar surface area (TPSA) is 105 Å². The summed E-state index contributed by atoms with van der Waals surface area (Å²) in [5.41, 5.74) is -1.25. The first kappa shape index (κ1) is 121. The van der Waals surface area contributed by atoms with E-state index in [0.717, 1.165) is 96.3 Å². The predicted octanol–water partition coefficient (Wildman–Crippen LogP) is 40.3. The van der Waals surface area contributed by atoms with Crippen molar-refractivity contribution < 1.29 is 38.1 Å². The maximum atomic E-state index is 14.8. The van der Waals surface area contributed by atoms with Crippen molar-refractivity contribution in [1.29, 1.82) is 0 Å². The van der Waals surface area contributed by atoms with Crippen molar-refractivity contribution in [3.8, 4) is 0 Å². The Hall–Kier alpha value is -2.12. The van der Waals surface area contributed by atoms with E-state index in [-0.39, 0.29) is 62.1 Å². The Labute approximate surface area is 783 Å². The lowest BCUT2D eigenvalue weighted by Gasteiger charge is -2.32. The molecule has 0 N–H and O–H groups in total. The number of unbranched alkanes of at least 4 members (excludes halogenated alkanes) is 70. The van der Waals surface area contributed by atoms with Crippen LogP contribution in [0, 0.1) is 17.3 Å². The monoisotopic (exact) mass is 1760 g/mol. The molecule has 0 aromatic rings. The number of rotatable bonds is 86. The van der Waals surface area contributed by atoms with Crippen molar-refractivity contribution in [2.75, 3.05) is 26.4 Å². The largest absolute Gasteiger partial charge is 0.465 e. The highest BCUT2D eigenvalue weighted by molar-refractivity contribution is 5.73. The van der Waals surface area contributed by atoms with Crippen LogP contribution >= 0.6 is 0 Å². The molecule has 0 heterocycles. The number of esters is 4. The van der Waals surface area contributed by atoms with E-state index in [2.05, 4.69) is 20.8 Å². The van der Waals surface area contributed by atoms with Crippen LogP contribution in [0.5, 0.6) is 0 Å². The molecule has 0 saturated heterocycles. The first-order valence-electron chi connectivity index (χ1n) is 58.4. The van der Waals surface area contributed by atoms with Gasteiger partial charge >= 0.3 is 23.9 Å². The summed E-state index contributed by atoms with van der Waals surface area (Å²) in [7, 11) is 0. The van der Waals surface area contributed by atoms with Gasteiger partial charge in [0.25, 0.3) is 0 Å². The molecule has 1 saturated carbocycles. The van der Waals surface area contributed by atoms with E-state index < -0.39 is 5.41 Å². The van der Waals surface area contributed by atoms with Crippen LogP contribution in [-0.2, 0) is 38.1 Å². The lowest BCUT2D eigenvalue weighted by Crippen LogP contribution is -2.44. The number of hydrogen-bond donors (Lipinski definition) is 0. The van der Waals surface area contributed by atoms with Crippen LogP contribution in [0.1, 0.15) is 683 Å². The van der Waals surface area contributed by atoms with E-state index in [9.17, 15) is 19.2 Å². The molecule has 0 aromatic heterocycles. The molecule has 125 heavy (non-hydrogen) atoms. The highest BCUT2D eigenvalue weighted by atomic mass is 16.6. The zero-order valence-electron chi connectivity index (χ0n) is 85.9. The zero-order chi connectivity index (χ0) is 89.7. The highest BCUT2D eigenvalue weighted by Gasteiger charge is 2.39. The van der Waals surface area contributed by atoms with E-state index in [1.165, 1.54) is 546 Å². The quantitative estimate of drug-likeness (QED) is 0.0337. The molecule has 8 nitrogen and oxygen atoms in total. The van der Waals surface area contributed by atoms with Crippen molar-refractivity contribution >= 4 is 23.9 Å². The molecule has 0 spiro atoms. The van der Waals surface area contributed by atoms with Crippen molar-refractivity contribution in [3.63, 3.8) is 0 Å². The van der Waals surface area contributed by atoms with Gasteiger partial charge in [-0.3, -0.25) is 19.2 Å². The predicted molar refractivity (Wildman–Crippen MR) is 547 cm³/mol. The minimum atomic E-state index is -1.25. The summed E-state index contributed by atoms with van der Waals surface area (Å²) >= 11 is 0. The molecule has 0 aromatic carbocycles. The Morgan fingerprint density at radius 3 is 0.568 bits per heavy atom. The van der Waals surface area contributed by atoms with Crippen molar-refractivity contribution in [3.05, 3.63) is 0 Å². The molecule has 0 aliphatic heterocycles. The van der Waals surface area contributed by atoms with Gasteiger partial charge in [-0.15, -0.1) is 0 Å². The van der Waals surface area contributed by atoms with Gasteiger partial charge in [0.1, 0.15) is 31.8 Å². The third-order valence-corrected chi connectivity index (χ3v) is 28.9. The van der Waals surface area contributed by atoms with Gasteiger partial charge in [0.15, 0.2) is 0 Å². The normalized spacial score (nSPS) is 14.9. The second-order valence-corrected chi connectivity index (χ2v) is 41.7. The molecular weight excluding hydrogens is 1530 g/mol. The standard InChI is InChI=1S/C117H226O8/c1-5-8-11-14-17-20-23-26-29-32-35-38-41-43-50-55-60-65-70-75-80-85-90-95-100-105-113(118)122-107-117(108-123-114(119)106-101-96-91-86-81-76-71-66-61-56-51-44-42-39-36-33-30-27-24-21-18-15-12-9-6-2,109-124-115(120)111(4)102-97-92-87-82-77-72-67-62-57-52-47-40-37-34-31-28-25-22-19-16-13-10-7-3)110-125-116(121)112-103-98-93-88-83-78-73-68-63-58-53-48-45-46-49-54-59-64-69-74-79-84-89-94-99-104-112/h111-112H,5-110H2,1-4H3. The molecule has 742 valence electrons. The molecule has 1 fully saturated rings. The maximum absolute atomic E-state index is 14.8. The van der Waals surface area contributed by atoms with E-state index in [4.69, 9.17) is 18.9 Å². The van der Waals surface area contributed by atoms with E-state index >= 15 is 0 Å². The smallest absolute Gasteiger partial charge is 0.308 e. The Morgan fingerprint density at radius 1 is 0.208 bits per heavy atom. The number of carbonyl (C=O) groups excluding carboxylic acids is 4. The number of carbonyl (C=O) groups is 4. The van der Waals surface area contributed by atoms with E-state index in [1.807, 2.05) is 6.92 Å². The zero-order valence-corrected chi connectivity index (χ0v) is 85.9. The summed E-state index contributed by atoms with van der Waals surface area (Å²) in [4.78, 5) is 57.0. The molecule has 1 aliphatic rings. The molecule has 1 aliphatic carbocycles. The molecule has 0 amide bonds. The molecule has 1 atom stereocenters. The van der Waals surface area contributed by atoms with Gasteiger partial charge in [-0.2, -0.15) is 0 Å². The lowest BCUT2D eigenvalue weighted by molar-refractivity contribution is -0.173. The summed E-state index contributed by atoms with van der Waals surface area (Å²) in [6.45, 7) is 8.27. The minimum absolute atomic E-state index is 0.150. The maximum Gasteiger partial charge on any atom is 0.308 e. The van der Waals surface area contributed by atoms with Crippen LogP contribution in [0.3, 0.4) is 0 Å².